The van der Waals surface area contributed by atoms with Gasteiger partial charge in [-0.2, -0.15) is 0 Å². The Morgan fingerprint density at radius 3 is 2.52 bits per heavy atom. The van der Waals surface area contributed by atoms with Crippen LogP contribution in [0.5, 0.6) is 5.75 Å². The maximum absolute atomic E-state index is 9.49. The fourth-order valence-electron chi connectivity index (χ4n) is 2.88. The van der Waals surface area contributed by atoms with E-state index in [0.717, 1.165) is 16.9 Å². The minimum atomic E-state index is -0.369. The highest BCUT2D eigenvalue weighted by Gasteiger charge is 2.09. The van der Waals surface area contributed by atoms with E-state index in [-0.39, 0.29) is 6.10 Å². The summed E-state index contributed by atoms with van der Waals surface area (Å²) in [6.07, 6.45) is -0.369. The number of aliphatic hydroxyl groups excluding tert-OH is 1. The molecule has 3 heteroatoms. The largest absolute Gasteiger partial charge is 0.489 e. The molecular weight excluding hydrogens is 310 g/mol. The highest BCUT2D eigenvalue weighted by atomic mass is 16.5. The zero-order valence-electron chi connectivity index (χ0n) is 14.8. The second-order valence-corrected chi connectivity index (χ2v) is 6.52. The minimum absolute atomic E-state index is 0.369. The van der Waals surface area contributed by atoms with Crippen molar-refractivity contribution in [3.05, 3.63) is 77.4 Å². The molecule has 2 N–H and O–H groups in total. The zero-order valence-corrected chi connectivity index (χ0v) is 14.8. The van der Waals surface area contributed by atoms with E-state index in [4.69, 9.17) is 4.74 Å². The molecule has 3 nitrogen and oxygen atoms in total. The van der Waals surface area contributed by atoms with Crippen molar-refractivity contribution in [1.29, 1.82) is 0 Å². The highest BCUT2D eigenvalue weighted by molar-refractivity contribution is 5.87. The van der Waals surface area contributed by atoms with Gasteiger partial charge in [0.25, 0.3) is 0 Å². The molecule has 0 bridgehead atoms. The molecule has 0 fully saturated rings. The fourth-order valence-corrected chi connectivity index (χ4v) is 2.88. The van der Waals surface area contributed by atoms with Crippen LogP contribution >= 0.6 is 0 Å². The molecule has 0 aliphatic rings. The number of fused-ring (bicyclic) bond motifs is 1. The van der Waals surface area contributed by atoms with E-state index < -0.39 is 0 Å². The first-order chi connectivity index (χ1) is 12.1. The summed E-state index contributed by atoms with van der Waals surface area (Å²) in [5, 5.41) is 15.2. The summed E-state index contributed by atoms with van der Waals surface area (Å²) in [5.74, 6) is 0.886. The number of nitrogens with one attached hydrogen (secondary N) is 1. The highest BCUT2D eigenvalue weighted by Crippen LogP contribution is 2.28. The predicted octanol–water partition coefficient (Wildman–Crippen LogP) is 4.20. The van der Waals surface area contributed by atoms with Gasteiger partial charge in [0.2, 0.25) is 0 Å². The molecule has 0 amide bonds. The number of aryl methyl sites for hydroxylation is 1. The molecule has 0 spiro atoms. The summed E-state index contributed by atoms with van der Waals surface area (Å²) in [6.45, 7) is 5.63. The first kappa shape index (κ1) is 17.5. The van der Waals surface area contributed by atoms with Crippen LogP contribution in [0, 0.1) is 6.92 Å². The Labute approximate surface area is 149 Å². The van der Waals surface area contributed by atoms with Gasteiger partial charge < -0.3 is 15.2 Å². The lowest BCUT2D eigenvalue weighted by molar-refractivity contribution is 0.190. The van der Waals surface area contributed by atoms with Crippen molar-refractivity contribution in [3.8, 4) is 5.75 Å². The maximum Gasteiger partial charge on any atom is 0.124 e. The van der Waals surface area contributed by atoms with Gasteiger partial charge in [-0.25, -0.2) is 0 Å². The van der Waals surface area contributed by atoms with Crippen molar-refractivity contribution >= 4 is 10.8 Å². The van der Waals surface area contributed by atoms with Crippen molar-refractivity contribution in [3.63, 3.8) is 0 Å². The maximum atomic E-state index is 9.49. The van der Waals surface area contributed by atoms with Gasteiger partial charge in [-0.15, -0.1) is 0 Å². The molecule has 1 unspecified atom stereocenters. The Balaban J connectivity index is 1.83. The Bertz CT molecular complexity index is 825. The van der Waals surface area contributed by atoms with Gasteiger partial charge in [0.15, 0.2) is 0 Å². The Kier molecular flexibility index (Phi) is 5.69. The minimum Gasteiger partial charge on any atom is -0.489 e. The van der Waals surface area contributed by atoms with Crippen LogP contribution in [-0.2, 0) is 13.2 Å². The lowest BCUT2D eigenvalue weighted by atomic mass is 10.0. The fraction of sp³-hybridized carbons (Fsp3) is 0.273. The van der Waals surface area contributed by atoms with E-state index in [0.29, 0.717) is 19.7 Å². The molecule has 130 valence electrons. The summed E-state index contributed by atoms with van der Waals surface area (Å²) < 4.78 is 6.13. The van der Waals surface area contributed by atoms with Crippen molar-refractivity contribution < 1.29 is 9.84 Å². The molecule has 1 atom stereocenters. The van der Waals surface area contributed by atoms with Gasteiger partial charge in [0, 0.05) is 18.7 Å². The SMILES string of the molecule is Cc1ccc(COc2ccc3ccccc3c2CNCC(C)O)cc1. The molecule has 3 rings (SSSR count). The summed E-state index contributed by atoms with van der Waals surface area (Å²) in [5.41, 5.74) is 3.53. The molecule has 0 heterocycles. The molecule has 0 radical (unpaired) electrons. The third-order valence-electron chi connectivity index (χ3n) is 4.25. The quantitative estimate of drug-likeness (QED) is 0.680. The van der Waals surface area contributed by atoms with Crippen LogP contribution in [0.25, 0.3) is 10.8 Å². The molecule has 0 aliphatic heterocycles. The van der Waals surface area contributed by atoms with Crippen molar-refractivity contribution in [1.82, 2.24) is 5.32 Å². The van der Waals surface area contributed by atoms with Crippen LogP contribution in [0.15, 0.2) is 60.7 Å². The average molecular weight is 335 g/mol. The molecule has 0 aliphatic carbocycles. The summed E-state index contributed by atoms with van der Waals surface area (Å²) in [6, 6.07) is 20.9. The summed E-state index contributed by atoms with van der Waals surface area (Å²) in [7, 11) is 0. The Hall–Kier alpha value is -2.36. The van der Waals surface area contributed by atoms with Crippen LogP contribution in [0.1, 0.15) is 23.6 Å². The van der Waals surface area contributed by atoms with Gasteiger partial charge in [0.05, 0.1) is 6.10 Å². The van der Waals surface area contributed by atoms with Crippen LogP contribution in [0.2, 0.25) is 0 Å². The smallest absolute Gasteiger partial charge is 0.124 e. The zero-order chi connectivity index (χ0) is 17.6. The molecule has 0 aromatic heterocycles. The van der Waals surface area contributed by atoms with Gasteiger partial charge >= 0.3 is 0 Å². The van der Waals surface area contributed by atoms with Crippen LogP contribution in [0.4, 0.5) is 0 Å². The Morgan fingerprint density at radius 1 is 1.00 bits per heavy atom. The number of benzene rings is 3. The molecule has 0 saturated heterocycles. The average Bonchev–Trinajstić information content (AvgIpc) is 2.62. The normalized spacial score (nSPS) is 12.3. The third kappa shape index (κ3) is 4.59. The van der Waals surface area contributed by atoms with E-state index in [1.807, 2.05) is 18.2 Å². The lowest BCUT2D eigenvalue weighted by Gasteiger charge is -2.16. The lowest BCUT2D eigenvalue weighted by Crippen LogP contribution is -2.24. The number of rotatable bonds is 7. The molecule has 0 saturated carbocycles. The van der Waals surface area contributed by atoms with Gasteiger partial charge in [-0.3, -0.25) is 0 Å². The first-order valence-corrected chi connectivity index (χ1v) is 8.71. The summed E-state index contributed by atoms with van der Waals surface area (Å²) in [4.78, 5) is 0. The monoisotopic (exact) mass is 335 g/mol. The van der Waals surface area contributed by atoms with E-state index in [1.54, 1.807) is 6.92 Å². The molecule has 3 aromatic rings. The van der Waals surface area contributed by atoms with Crippen LogP contribution in [-0.4, -0.2) is 17.8 Å². The number of hydrogen-bond donors (Lipinski definition) is 2. The second-order valence-electron chi connectivity index (χ2n) is 6.52. The van der Waals surface area contributed by atoms with Crippen molar-refractivity contribution in [2.45, 2.75) is 33.1 Å². The topological polar surface area (TPSA) is 41.5 Å². The standard InChI is InChI=1S/C22H25NO2/c1-16-7-9-18(10-8-16)15-25-22-12-11-19-5-3-4-6-20(19)21(22)14-23-13-17(2)24/h3-12,17,23-24H,13-15H2,1-2H3. The van der Waals surface area contributed by atoms with E-state index in [1.165, 1.54) is 16.3 Å². The first-order valence-electron chi connectivity index (χ1n) is 8.71. The van der Waals surface area contributed by atoms with E-state index in [9.17, 15) is 5.11 Å². The molecule has 25 heavy (non-hydrogen) atoms. The van der Waals surface area contributed by atoms with Crippen molar-refractivity contribution in [2.24, 2.45) is 0 Å². The van der Waals surface area contributed by atoms with Gasteiger partial charge in [-0.05, 0) is 36.2 Å². The number of aliphatic hydroxyl groups is 1. The van der Waals surface area contributed by atoms with Crippen LogP contribution < -0.4 is 10.1 Å². The van der Waals surface area contributed by atoms with Gasteiger partial charge in [0.1, 0.15) is 12.4 Å². The van der Waals surface area contributed by atoms with Crippen molar-refractivity contribution in [2.75, 3.05) is 6.54 Å². The predicted molar refractivity (Wildman–Crippen MR) is 103 cm³/mol. The molecular formula is C22H25NO2. The third-order valence-corrected chi connectivity index (χ3v) is 4.25. The number of hydrogen-bond acceptors (Lipinski definition) is 3. The number of ether oxygens (including phenoxy) is 1. The van der Waals surface area contributed by atoms with E-state index >= 15 is 0 Å². The second kappa shape index (κ2) is 8.15. The summed E-state index contributed by atoms with van der Waals surface area (Å²) >= 11 is 0. The van der Waals surface area contributed by atoms with Gasteiger partial charge in [-0.1, -0.05) is 60.2 Å². The van der Waals surface area contributed by atoms with Crippen LogP contribution in [0.3, 0.4) is 0 Å². The molecule has 3 aromatic carbocycles. The Morgan fingerprint density at radius 2 is 1.76 bits per heavy atom. The van der Waals surface area contributed by atoms with E-state index in [2.05, 4.69) is 54.7 Å².